The first kappa shape index (κ1) is 14.1. The second-order valence-corrected chi connectivity index (χ2v) is 5.40. The van der Waals surface area contributed by atoms with Crippen molar-refractivity contribution in [3.05, 3.63) is 69.6 Å². The number of hydrogen-bond donors (Lipinski definition) is 3. The van der Waals surface area contributed by atoms with Crippen LogP contribution in [0, 0.1) is 6.92 Å². The van der Waals surface area contributed by atoms with E-state index in [0.717, 1.165) is 16.6 Å². The van der Waals surface area contributed by atoms with Crippen LogP contribution in [0.3, 0.4) is 0 Å². The molecule has 22 heavy (non-hydrogen) atoms. The summed E-state index contributed by atoms with van der Waals surface area (Å²) in [4.78, 5) is 28.6. The predicted molar refractivity (Wildman–Crippen MR) is 85.6 cm³/mol. The Morgan fingerprint density at radius 1 is 1.00 bits per heavy atom. The van der Waals surface area contributed by atoms with Gasteiger partial charge in [0.1, 0.15) is 0 Å². The largest absolute Gasteiger partial charge is 0.352 e. The summed E-state index contributed by atoms with van der Waals surface area (Å²) in [6, 6.07) is 13.5. The van der Waals surface area contributed by atoms with Gasteiger partial charge in [0.15, 0.2) is 0 Å². The van der Waals surface area contributed by atoms with Gasteiger partial charge in [-0.15, -0.1) is 0 Å². The van der Waals surface area contributed by atoms with E-state index in [1.54, 1.807) is 6.07 Å². The van der Waals surface area contributed by atoms with Crippen molar-refractivity contribution in [3.8, 4) is 0 Å². The number of carbonyl (C=O) groups excluding carboxylic acids is 1. The second kappa shape index (κ2) is 5.89. The zero-order valence-electron chi connectivity index (χ0n) is 12.3. The number of H-pyrrole nitrogens is 2. The van der Waals surface area contributed by atoms with Gasteiger partial charge in [0, 0.05) is 6.54 Å². The lowest BCUT2D eigenvalue weighted by Crippen LogP contribution is -2.24. The maximum absolute atomic E-state index is 12.0. The zero-order valence-corrected chi connectivity index (χ0v) is 12.3. The summed E-state index contributed by atoms with van der Waals surface area (Å²) in [6.45, 7) is 2.55. The molecule has 5 nitrogen and oxygen atoms in total. The van der Waals surface area contributed by atoms with E-state index >= 15 is 0 Å². The van der Waals surface area contributed by atoms with Crippen molar-refractivity contribution in [2.24, 2.45) is 0 Å². The quantitative estimate of drug-likeness (QED) is 0.688. The van der Waals surface area contributed by atoms with Crippen molar-refractivity contribution in [3.63, 3.8) is 0 Å². The van der Waals surface area contributed by atoms with Gasteiger partial charge in [0.25, 0.3) is 0 Å². The Kier molecular flexibility index (Phi) is 3.78. The van der Waals surface area contributed by atoms with Gasteiger partial charge in [-0.1, -0.05) is 35.9 Å². The number of amides is 1. The third-order valence-corrected chi connectivity index (χ3v) is 3.56. The first-order valence-corrected chi connectivity index (χ1v) is 7.13. The van der Waals surface area contributed by atoms with Gasteiger partial charge in [-0.25, -0.2) is 4.79 Å². The number of benzene rings is 2. The molecule has 0 unspecified atom stereocenters. The molecule has 1 heterocycles. The molecular weight excluding hydrogens is 278 g/mol. The molecule has 5 heteroatoms. The highest BCUT2D eigenvalue weighted by atomic mass is 16.1. The average Bonchev–Trinajstić information content (AvgIpc) is 2.86. The van der Waals surface area contributed by atoms with Gasteiger partial charge >= 0.3 is 5.69 Å². The van der Waals surface area contributed by atoms with Crippen LogP contribution in [0.25, 0.3) is 11.0 Å². The molecule has 0 aliphatic carbocycles. The Labute approximate surface area is 127 Å². The number of hydrogen-bond acceptors (Lipinski definition) is 2. The maximum atomic E-state index is 12.0. The molecule has 1 aromatic heterocycles. The van der Waals surface area contributed by atoms with Crippen LogP contribution in [0.1, 0.15) is 16.7 Å². The molecule has 3 aromatic rings. The Bertz CT molecular complexity index is 859. The van der Waals surface area contributed by atoms with E-state index in [9.17, 15) is 9.59 Å². The molecule has 0 fully saturated rings. The van der Waals surface area contributed by atoms with E-state index in [2.05, 4.69) is 15.3 Å². The SMILES string of the molecule is Cc1ccc(CNC(=O)Cc2ccc3[nH]c(=O)[nH]c3c2)cc1. The Balaban J connectivity index is 1.62. The average molecular weight is 295 g/mol. The molecule has 2 aromatic carbocycles. The number of carbonyl (C=O) groups is 1. The van der Waals surface area contributed by atoms with E-state index in [-0.39, 0.29) is 18.0 Å². The van der Waals surface area contributed by atoms with Crippen LogP contribution in [0.15, 0.2) is 47.3 Å². The molecule has 0 aliphatic heterocycles. The molecule has 0 bridgehead atoms. The highest BCUT2D eigenvalue weighted by molar-refractivity contribution is 5.81. The fourth-order valence-electron chi connectivity index (χ4n) is 2.34. The van der Waals surface area contributed by atoms with Crippen molar-refractivity contribution in [1.82, 2.24) is 15.3 Å². The van der Waals surface area contributed by atoms with E-state index in [1.165, 1.54) is 5.56 Å². The minimum absolute atomic E-state index is 0.0437. The molecular formula is C17H17N3O2. The number of fused-ring (bicyclic) bond motifs is 1. The van der Waals surface area contributed by atoms with Crippen LogP contribution in [0.4, 0.5) is 0 Å². The van der Waals surface area contributed by atoms with Crippen LogP contribution in [0.2, 0.25) is 0 Å². The Morgan fingerprint density at radius 3 is 2.45 bits per heavy atom. The predicted octanol–water partition coefficient (Wildman–Crippen LogP) is 2.02. The highest BCUT2D eigenvalue weighted by Gasteiger charge is 2.05. The summed E-state index contributed by atoms with van der Waals surface area (Å²) < 4.78 is 0. The van der Waals surface area contributed by atoms with Crippen molar-refractivity contribution >= 4 is 16.9 Å². The Morgan fingerprint density at radius 2 is 1.68 bits per heavy atom. The number of nitrogens with one attached hydrogen (secondary N) is 3. The first-order valence-electron chi connectivity index (χ1n) is 7.13. The molecule has 0 atom stereocenters. The smallest absolute Gasteiger partial charge is 0.323 e. The van der Waals surface area contributed by atoms with Crippen molar-refractivity contribution < 1.29 is 4.79 Å². The number of aryl methyl sites for hydroxylation is 1. The van der Waals surface area contributed by atoms with Crippen molar-refractivity contribution in [2.45, 2.75) is 19.9 Å². The van der Waals surface area contributed by atoms with E-state index in [1.807, 2.05) is 43.3 Å². The lowest BCUT2D eigenvalue weighted by Gasteiger charge is -2.06. The fourth-order valence-corrected chi connectivity index (χ4v) is 2.34. The summed E-state index contributed by atoms with van der Waals surface area (Å²) >= 11 is 0. The molecule has 0 saturated heterocycles. The molecule has 1 amide bonds. The van der Waals surface area contributed by atoms with E-state index in [0.29, 0.717) is 12.1 Å². The monoisotopic (exact) mass is 295 g/mol. The Hall–Kier alpha value is -2.82. The molecule has 3 rings (SSSR count). The third kappa shape index (κ3) is 3.25. The summed E-state index contributed by atoms with van der Waals surface area (Å²) in [5, 5.41) is 2.90. The molecule has 0 spiro atoms. The molecule has 3 N–H and O–H groups in total. The van der Waals surface area contributed by atoms with Crippen LogP contribution in [-0.2, 0) is 17.8 Å². The minimum Gasteiger partial charge on any atom is -0.352 e. The molecule has 112 valence electrons. The van der Waals surface area contributed by atoms with Gasteiger partial charge < -0.3 is 15.3 Å². The second-order valence-electron chi connectivity index (χ2n) is 5.40. The minimum atomic E-state index is -0.240. The van der Waals surface area contributed by atoms with Gasteiger partial charge in [-0.05, 0) is 30.2 Å². The molecule has 0 aliphatic rings. The third-order valence-electron chi connectivity index (χ3n) is 3.56. The van der Waals surface area contributed by atoms with Crippen LogP contribution in [0.5, 0.6) is 0 Å². The maximum Gasteiger partial charge on any atom is 0.323 e. The van der Waals surface area contributed by atoms with E-state index in [4.69, 9.17) is 0 Å². The van der Waals surface area contributed by atoms with Gasteiger partial charge in [0.05, 0.1) is 17.5 Å². The highest BCUT2D eigenvalue weighted by Crippen LogP contribution is 2.11. The summed E-state index contributed by atoms with van der Waals surface area (Å²) in [7, 11) is 0. The molecule has 0 radical (unpaired) electrons. The zero-order chi connectivity index (χ0) is 15.5. The fraction of sp³-hybridized carbons (Fsp3) is 0.176. The van der Waals surface area contributed by atoms with E-state index < -0.39 is 0 Å². The van der Waals surface area contributed by atoms with Crippen molar-refractivity contribution in [1.29, 1.82) is 0 Å². The van der Waals surface area contributed by atoms with Gasteiger partial charge in [-0.3, -0.25) is 4.79 Å². The number of imidazole rings is 1. The van der Waals surface area contributed by atoms with Gasteiger partial charge in [0.2, 0.25) is 5.91 Å². The lowest BCUT2D eigenvalue weighted by molar-refractivity contribution is -0.120. The van der Waals surface area contributed by atoms with Crippen LogP contribution < -0.4 is 11.0 Å². The summed E-state index contributed by atoms with van der Waals surface area (Å²) in [5.74, 6) is -0.0437. The normalized spacial score (nSPS) is 10.8. The standard InChI is InChI=1S/C17H17N3O2/c1-11-2-4-12(5-3-11)10-18-16(21)9-13-6-7-14-15(8-13)20-17(22)19-14/h2-8H,9-10H2,1H3,(H,18,21)(H2,19,20,22). The van der Waals surface area contributed by atoms with Crippen molar-refractivity contribution in [2.75, 3.05) is 0 Å². The summed E-state index contributed by atoms with van der Waals surface area (Å²) in [6.07, 6.45) is 0.287. The van der Waals surface area contributed by atoms with Gasteiger partial charge in [-0.2, -0.15) is 0 Å². The number of aromatic amines is 2. The molecule has 0 saturated carbocycles. The first-order chi connectivity index (χ1) is 10.6. The van der Waals surface area contributed by atoms with Crippen LogP contribution >= 0.6 is 0 Å². The number of aromatic nitrogens is 2. The lowest BCUT2D eigenvalue weighted by atomic mass is 10.1. The van der Waals surface area contributed by atoms with Crippen LogP contribution in [-0.4, -0.2) is 15.9 Å². The summed E-state index contributed by atoms with van der Waals surface area (Å²) in [5.41, 5.74) is 4.36. The topological polar surface area (TPSA) is 77.8 Å². The number of rotatable bonds is 4.